The second-order valence-electron chi connectivity index (χ2n) is 7.49. The third kappa shape index (κ3) is 4.37. The molecule has 4 nitrogen and oxygen atoms in total. The van der Waals surface area contributed by atoms with E-state index in [1.807, 2.05) is 0 Å². The summed E-state index contributed by atoms with van der Waals surface area (Å²) in [5.41, 5.74) is 2.60. The van der Waals surface area contributed by atoms with Crippen molar-refractivity contribution in [2.75, 3.05) is 5.32 Å². The third-order valence-corrected chi connectivity index (χ3v) is 4.87. The normalized spacial score (nSPS) is 17.2. The van der Waals surface area contributed by atoms with E-state index < -0.39 is 0 Å². The molecule has 1 N–H and O–H groups in total. The van der Waals surface area contributed by atoms with E-state index in [1.165, 1.54) is 43.2 Å². The average molecular weight is 327 g/mol. The maximum Gasteiger partial charge on any atom is 0.315 e. The highest BCUT2D eigenvalue weighted by atomic mass is 16.4. The van der Waals surface area contributed by atoms with E-state index in [-0.39, 0.29) is 5.92 Å². The SMILES string of the molecule is CC(C)Cc1ccc(C(C)c2nnc(NC3CCCCC3)o2)cc1. The number of rotatable bonds is 6. The van der Waals surface area contributed by atoms with Crippen LogP contribution in [0.1, 0.15) is 75.8 Å². The van der Waals surface area contributed by atoms with Crippen LogP contribution in [-0.4, -0.2) is 16.2 Å². The van der Waals surface area contributed by atoms with E-state index in [0.29, 0.717) is 23.9 Å². The lowest BCUT2D eigenvalue weighted by Gasteiger charge is -2.21. The molecule has 0 bridgehead atoms. The average Bonchev–Trinajstić information content (AvgIpc) is 3.04. The van der Waals surface area contributed by atoms with Gasteiger partial charge in [0.15, 0.2) is 0 Å². The Morgan fingerprint density at radius 3 is 2.42 bits per heavy atom. The van der Waals surface area contributed by atoms with E-state index in [0.717, 1.165) is 6.42 Å². The highest BCUT2D eigenvalue weighted by Gasteiger charge is 2.19. The second-order valence-corrected chi connectivity index (χ2v) is 7.49. The third-order valence-electron chi connectivity index (χ3n) is 4.87. The quantitative estimate of drug-likeness (QED) is 0.795. The predicted molar refractivity (Wildman–Crippen MR) is 97.3 cm³/mol. The van der Waals surface area contributed by atoms with E-state index in [4.69, 9.17) is 4.42 Å². The van der Waals surface area contributed by atoms with Crippen LogP contribution < -0.4 is 5.32 Å². The van der Waals surface area contributed by atoms with Crippen molar-refractivity contribution in [3.63, 3.8) is 0 Å². The highest BCUT2D eigenvalue weighted by molar-refractivity contribution is 5.29. The number of hydrogen-bond donors (Lipinski definition) is 1. The van der Waals surface area contributed by atoms with Crippen LogP contribution >= 0.6 is 0 Å². The molecular weight excluding hydrogens is 298 g/mol. The molecule has 24 heavy (non-hydrogen) atoms. The van der Waals surface area contributed by atoms with Crippen molar-refractivity contribution in [1.82, 2.24) is 10.2 Å². The van der Waals surface area contributed by atoms with Gasteiger partial charge < -0.3 is 9.73 Å². The highest BCUT2D eigenvalue weighted by Crippen LogP contribution is 2.26. The standard InChI is InChI=1S/C20H29N3O/c1-14(2)13-16-9-11-17(12-10-16)15(3)19-22-23-20(24-19)21-18-7-5-4-6-8-18/h9-12,14-15,18H,4-8,13H2,1-3H3,(H,21,23). The Hall–Kier alpha value is -1.84. The molecule has 4 heteroatoms. The van der Waals surface area contributed by atoms with Crippen molar-refractivity contribution in [3.05, 3.63) is 41.3 Å². The zero-order valence-electron chi connectivity index (χ0n) is 15.1. The minimum Gasteiger partial charge on any atom is -0.407 e. The summed E-state index contributed by atoms with van der Waals surface area (Å²) in [5.74, 6) is 1.48. The molecule has 0 saturated heterocycles. The van der Waals surface area contributed by atoms with Crippen molar-refractivity contribution in [2.24, 2.45) is 5.92 Å². The van der Waals surface area contributed by atoms with Crippen molar-refractivity contribution in [1.29, 1.82) is 0 Å². The van der Waals surface area contributed by atoms with Gasteiger partial charge in [0.1, 0.15) is 0 Å². The van der Waals surface area contributed by atoms with Gasteiger partial charge in [-0.25, -0.2) is 0 Å². The van der Waals surface area contributed by atoms with Gasteiger partial charge in [0.05, 0.1) is 5.92 Å². The summed E-state index contributed by atoms with van der Waals surface area (Å²) in [5, 5.41) is 11.8. The van der Waals surface area contributed by atoms with Crippen molar-refractivity contribution >= 4 is 6.01 Å². The summed E-state index contributed by atoms with van der Waals surface area (Å²) in [4.78, 5) is 0. The maximum atomic E-state index is 5.86. The minimum atomic E-state index is 0.118. The Balaban J connectivity index is 1.63. The lowest BCUT2D eigenvalue weighted by atomic mass is 9.96. The summed E-state index contributed by atoms with van der Waals surface area (Å²) in [6.07, 6.45) is 7.44. The summed E-state index contributed by atoms with van der Waals surface area (Å²) in [7, 11) is 0. The van der Waals surface area contributed by atoms with Gasteiger partial charge in [-0.15, -0.1) is 5.10 Å². The molecule has 1 aliphatic carbocycles. The molecule has 3 rings (SSSR count). The molecule has 1 aromatic carbocycles. The zero-order valence-corrected chi connectivity index (χ0v) is 15.1. The molecule has 1 fully saturated rings. The smallest absolute Gasteiger partial charge is 0.315 e. The van der Waals surface area contributed by atoms with Crippen LogP contribution in [-0.2, 0) is 6.42 Å². The fraction of sp³-hybridized carbons (Fsp3) is 0.600. The summed E-state index contributed by atoms with van der Waals surface area (Å²) in [6.45, 7) is 6.61. The molecule has 0 spiro atoms. The molecule has 130 valence electrons. The Bertz CT molecular complexity index is 627. The number of benzene rings is 1. The van der Waals surface area contributed by atoms with Crippen LogP contribution in [0.3, 0.4) is 0 Å². The molecule has 0 radical (unpaired) electrons. The van der Waals surface area contributed by atoms with Crippen molar-refractivity contribution < 1.29 is 4.42 Å². The van der Waals surface area contributed by atoms with Crippen molar-refractivity contribution in [2.45, 2.75) is 71.3 Å². The molecule has 1 aliphatic rings. The van der Waals surface area contributed by atoms with Crippen LogP contribution in [0.15, 0.2) is 28.7 Å². The van der Waals surface area contributed by atoms with Crippen molar-refractivity contribution in [3.8, 4) is 0 Å². The Labute approximate surface area is 145 Å². The van der Waals surface area contributed by atoms with Gasteiger partial charge in [0.25, 0.3) is 0 Å². The van der Waals surface area contributed by atoms with Crippen LogP contribution in [0.2, 0.25) is 0 Å². The molecule has 0 aliphatic heterocycles. The molecule has 0 amide bonds. The number of hydrogen-bond acceptors (Lipinski definition) is 4. The summed E-state index contributed by atoms with van der Waals surface area (Å²) >= 11 is 0. The first-order chi connectivity index (χ1) is 11.6. The predicted octanol–water partition coefficient (Wildman–Crippen LogP) is 5.16. The van der Waals surface area contributed by atoms with Gasteiger partial charge in [-0.05, 0) is 43.2 Å². The molecular formula is C20H29N3O. The van der Waals surface area contributed by atoms with E-state index >= 15 is 0 Å². The minimum absolute atomic E-state index is 0.118. The molecule has 1 unspecified atom stereocenters. The Kier molecular flexibility index (Phi) is 5.54. The monoisotopic (exact) mass is 327 g/mol. The summed E-state index contributed by atoms with van der Waals surface area (Å²) < 4.78 is 5.86. The van der Waals surface area contributed by atoms with E-state index in [9.17, 15) is 0 Å². The maximum absolute atomic E-state index is 5.86. The van der Waals surface area contributed by atoms with Gasteiger partial charge in [0.2, 0.25) is 5.89 Å². The molecule has 1 saturated carbocycles. The first-order valence-corrected chi connectivity index (χ1v) is 9.30. The van der Waals surface area contributed by atoms with Gasteiger partial charge >= 0.3 is 6.01 Å². The van der Waals surface area contributed by atoms with Crippen LogP contribution in [0.4, 0.5) is 6.01 Å². The largest absolute Gasteiger partial charge is 0.407 e. The van der Waals surface area contributed by atoms with E-state index in [2.05, 4.69) is 60.6 Å². The molecule has 2 aromatic rings. The number of anilines is 1. The first-order valence-electron chi connectivity index (χ1n) is 9.30. The van der Waals surface area contributed by atoms with Crippen LogP contribution in [0.25, 0.3) is 0 Å². The number of aromatic nitrogens is 2. The Morgan fingerprint density at radius 2 is 1.75 bits per heavy atom. The topological polar surface area (TPSA) is 51.0 Å². The van der Waals surface area contributed by atoms with Gasteiger partial charge in [-0.2, -0.15) is 0 Å². The lowest BCUT2D eigenvalue weighted by molar-refractivity contribution is 0.437. The summed E-state index contributed by atoms with van der Waals surface area (Å²) in [6, 6.07) is 9.84. The lowest BCUT2D eigenvalue weighted by Crippen LogP contribution is -2.22. The van der Waals surface area contributed by atoms with Gasteiger partial charge in [-0.3, -0.25) is 0 Å². The fourth-order valence-corrected chi connectivity index (χ4v) is 3.45. The Morgan fingerprint density at radius 1 is 1.04 bits per heavy atom. The van der Waals surface area contributed by atoms with Gasteiger partial charge in [0, 0.05) is 6.04 Å². The fourth-order valence-electron chi connectivity index (χ4n) is 3.45. The van der Waals surface area contributed by atoms with Gasteiger partial charge in [-0.1, -0.05) is 62.5 Å². The van der Waals surface area contributed by atoms with Crippen LogP contribution in [0, 0.1) is 5.92 Å². The zero-order chi connectivity index (χ0) is 16.9. The molecule has 1 heterocycles. The van der Waals surface area contributed by atoms with E-state index in [1.54, 1.807) is 0 Å². The second kappa shape index (κ2) is 7.82. The number of nitrogens with one attached hydrogen (secondary N) is 1. The molecule has 1 atom stereocenters. The first kappa shape index (κ1) is 17.0. The van der Waals surface area contributed by atoms with Crippen LogP contribution in [0.5, 0.6) is 0 Å². The molecule has 1 aromatic heterocycles. The number of nitrogens with zero attached hydrogens (tertiary/aromatic N) is 2.